The van der Waals surface area contributed by atoms with Crippen LogP contribution in [0.15, 0.2) is 29.1 Å². The predicted octanol–water partition coefficient (Wildman–Crippen LogP) is 0.814. The molecule has 7 nitrogen and oxygen atoms in total. The van der Waals surface area contributed by atoms with E-state index in [4.69, 9.17) is 0 Å². The smallest absolute Gasteiger partial charge is 0.277 e. The molecular formula is C16H22ClN5O2. The lowest BCUT2D eigenvalue weighted by Crippen LogP contribution is -2.44. The number of carbonyl (C=O) groups is 1. The van der Waals surface area contributed by atoms with Crippen molar-refractivity contribution in [2.45, 2.75) is 31.8 Å². The van der Waals surface area contributed by atoms with Crippen LogP contribution < -0.4 is 10.9 Å². The number of nitrogens with zero attached hydrogens (tertiary/aromatic N) is 4. The zero-order valence-electron chi connectivity index (χ0n) is 13.6. The van der Waals surface area contributed by atoms with Crippen molar-refractivity contribution in [3.8, 4) is 0 Å². The monoisotopic (exact) mass is 351 g/mol. The van der Waals surface area contributed by atoms with Crippen molar-refractivity contribution in [3.63, 3.8) is 0 Å². The van der Waals surface area contributed by atoms with Crippen molar-refractivity contribution in [1.82, 2.24) is 25.2 Å². The van der Waals surface area contributed by atoms with Gasteiger partial charge in [0.05, 0.1) is 11.9 Å². The molecule has 2 aromatic rings. The van der Waals surface area contributed by atoms with Crippen molar-refractivity contribution < 1.29 is 4.79 Å². The number of benzene rings is 1. The molecule has 24 heavy (non-hydrogen) atoms. The molecule has 0 bridgehead atoms. The molecule has 0 unspecified atom stereocenters. The molecule has 0 saturated carbocycles. The largest absolute Gasteiger partial charge is 0.343 e. The number of likely N-dealkylation sites (tertiary alicyclic amines) is 1. The second-order valence-electron chi connectivity index (χ2n) is 5.83. The first kappa shape index (κ1) is 18.4. The molecule has 0 aliphatic carbocycles. The number of aromatic nitrogens is 3. The normalized spacial score (nSPS) is 15.3. The van der Waals surface area contributed by atoms with Crippen LogP contribution in [0.4, 0.5) is 0 Å². The predicted molar refractivity (Wildman–Crippen MR) is 94.3 cm³/mol. The molecule has 3 rings (SSSR count). The molecule has 1 fully saturated rings. The van der Waals surface area contributed by atoms with Crippen LogP contribution in [0.3, 0.4) is 0 Å². The minimum absolute atomic E-state index is 0. The number of aryl methyl sites for hydroxylation is 1. The van der Waals surface area contributed by atoms with E-state index in [9.17, 15) is 9.59 Å². The molecule has 1 aromatic heterocycles. The second-order valence-corrected chi connectivity index (χ2v) is 5.83. The summed E-state index contributed by atoms with van der Waals surface area (Å²) in [4.78, 5) is 26.5. The number of nitrogens with one attached hydrogen (secondary N) is 1. The molecule has 0 radical (unpaired) electrons. The maximum atomic E-state index is 12.3. The Morgan fingerprint density at radius 2 is 2.00 bits per heavy atom. The Kier molecular flexibility index (Phi) is 6.28. The molecule has 2 heterocycles. The Labute approximate surface area is 146 Å². The lowest BCUT2D eigenvalue weighted by atomic mass is 10.1. The SMILES string of the molecule is CNC1CCN(C(=O)CCn2nnc3ccccc3c2=O)CC1.Cl. The molecule has 0 atom stereocenters. The van der Waals surface area contributed by atoms with Gasteiger partial charge in [-0.3, -0.25) is 9.59 Å². The number of hydrogen-bond acceptors (Lipinski definition) is 5. The number of piperidine rings is 1. The number of halogens is 1. The number of amides is 1. The molecule has 1 aliphatic rings. The maximum Gasteiger partial charge on any atom is 0.277 e. The first-order valence-corrected chi connectivity index (χ1v) is 7.96. The topological polar surface area (TPSA) is 80.1 Å². The summed E-state index contributed by atoms with van der Waals surface area (Å²) in [6, 6.07) is 7.59. The Balaban J connectivity index is 0.00000208. The standard InChI is InChI=1S/C16H21N5O2.ClH/c1-17-12-6-9-20(10-7-12)15(22)8-11-21-16(23)13-4-2-3-5-14(13)18-19-21;/h2-5,12,17H,6-11H2,1H3;1H. The van der Waals surface area contributed by atoms with E-state index in [1.54, 1.807) is 18.2 Å². The zero-order chi connectivity index (χ0) is 16.2. The van der Waals surface area contributed by atoms with Crippen LogP contribution in [-0.2, 0) is 11.3 Å². The van der Waals surface area contributed by atoms with Gasteiger partial charge in [0.15, 0.2) is 0 Å². The van der Waals surface area contributed by atoms with Gasteiger partial charge in [-0.05, 0) is 32.0 Å². The lowest BCUT2D eigenvalue weighted by Gasteiger charge is -2.31. The molecular weight excluding hydrogens is 330 g/mol. The van der Waals surface area contributed by atoms with Gasteiger partial charge in [-0.15, -0.1) is 17.5 Å². The van der Waals surface area contributed by atoms with Gasteiger partial charge in [-0.1, -0.05) is 17.3 Å². The molecule has 8 heteroatoms. The summed E-state index contributed by atoms with van der Waals surface area (Å²) in [7, 11) is 1.95. The number of hydrogen-bond donors (Lipinski definition) is 1. The van der Waals surface area contributed by atoms with Crippen LogP contribution in [-0.4, -0.2) is 52.0 Å². The van der Waals surface area contributed by atoms with E-state index in [0.29, 0.717) is 16.9 Å². The van der Waals surface area contributed by atoms with Gasteiger partial charge >= 0.3 is 0 Å². The summed E-state index contributed by atoms with van der Waals surface area (Å²) in [5.41, 5.74) is 0.381. The van der Waals surface area contributed by atoms with E-state index in [-0.39, 0.29) is 36.8 Å². The van der Waals surface area contributed by atoms with E-state index in [1.165, 1.54) is 4.68 Å². The first-order chi connectivity index (χ1) is 11.2. The van der Waals surface area contributed by atoms with Crippen LogP contribution in [0.25, 0.3) is 10.9 Å². The fourth-order valence-electron chi connectivity index (χ4n) is 2.95. The van der Waals surface area contributed by atoms with E-state index in [2.05, 4.69) is 15.6 Å². The van der Waals surface area contributed by atoms with Gasteiger partial charge in [0.1, 0.15) is 5.52 Å². The second kappa shape index (κ2) is 8.21. The first-order valence-electron chi connectivity index (χ1n) is 7.96. The highest BCUT2D eigenvalue weighted by Crippen LogP contribution is 2.11. The quantitative estimate of drug-likeness (QED) is 0.882. The Morgan fingerprint density at radius 1 is 1.29 bits per heavy atom. The summed E-state index contributed by atoms with van der Waals surface area (Å²) in [5, 5.41) is 11.7. The van der Waals surface area contributed by atoms with Crippen molar-refractivity contribution in [2.24, 2.45) is 0 Å². The molecule has 1 amide bonds. The average Bonchev–Trinajstić information content (AvgIpc) is 2.61. The summed E-state index contributed by atoms with van der Waals surface area (Å²) in [5.74, 6) is 0.0708. The van der Waals surface area contributed by atoms with Gasteiger partial charge in [0.25, 0.3) is 5.56 Å². The van der Waals surface area contributed by atoms with Crippen LogP contribution >= 0.6 is 12.4 Å². The molecule has 1 aliphatic heterocycles. The molecule has 0 spiro atoms. The minimum atomic E-state index is -0.197. The third kappa shape index (κ3) is 3.91. The van der Waals surface area contributed by atoms with Crippen LogP contribution in [0, 0.1) is 0 Å². The van der Waals surface area contributed by atoms with E-state index in [1.807, 2.05) is 18.0 Å². The van der Waals surface area contributed by atoms with Gasteiger partial charge in [0, 0.05) is 25.6 Å². The number of carbonyl (C=O) groups excluding carboxylic acids is 1. The van der Waals surface area contributed by atoms with Crippen LogP contribution in [0.5, 0.6) is 0 Å². The fraction of sp³-hybridized carbons (Fsp3) is 0.500. The van der Waals surface area contributed by atoms with Gasteiger partial charge in [0.2, 0.25) is 5.91 Å². The third-order valence-corrected chi connectivity index (χ3v) is 4.42. The van der Waals surface area contributed by atoms with Gasteiger partial charge in [-0.25, -0.2) is 4.68 Å². The highest BCUT2D eigenvalue weighted by molar-refractivity contribution is 5.85. The average molecular weight is 352 g/mol. The molecule has 1 saturated heterocycles. The van der Waals surface area contributed by atoms with Crippen molar-refractivity contribution >= 4 is 29.2 Å². The van der Waals surface area contributed by atoms with Crippen LogP contribution in [0.2, 0.25) is 0 Å². The Bertz CT molecular complexity index is 755. The summed E-state index contributed by atoms with van der Waals surface area (Å²) < 4.78 is 1.28. The van der Waals surface area contributed by atoms with E-state index < -0.39 is 0 Å². The van der Waals surface area contributed by atoms with E-state index in [0.717, 1.165) is 25.9 Å². The lowest BCUT2D eigenvalue weighted by molar-refractivity contribution is -0.132. The Hall–Kier alpha value is -1.99. The van der Waals surface area contributed by atoms with E-state index >= 15 is 0 Å². The Morgan fingerprint density at radius 3 is 2.71 bits per heavy atom. The molecule has 1 aromatic carbocycles. The zero-order valence-corrected chi connectivity index (χ0v) is 14.5. The maximum absolute atomic E-state index is 12.3. The van der Waals surface area contributed by atoms with Crippen molar-refractivity contribution in [1.29, 1.82) is 0 Å². The van der Waals surface area contributed by atoms with Crippen LogP contribution in [0.1, 0.15) is 19.3 Å². The highest BCUT2D eigenvalue weighted by Gasteiger charge is 2.21. The third-order valence-electron chi connectivity index (χ3n) is 4.42. The molecule has 1 N–H and O–H groups in total. The summed E-state index contributed by atoms with van der Waals surface area (Å²) >= 11 is 0. The van der Waals surface area contributed by atoms with Crippen molar-refractivity contribution in [3.05, 3.63) is 34.6 Å². The molecule has 130 valence electrons. The fourth-order valence-corrected chi connectivity index (χ4v) is 2.95. The van der Waals surface area contributed by atoms with Gasteiger partial charge in [-0.2, -0.15) is 0 Å². The van der Waals surface area contributed by atoms with Gasteiger partial charge < -0.3 is 10.2 Å². The number of rotatable bonds is 4. The summed E-state index contributed by atoms with van der Waals surface area (Å²) in [6.07, 6.45) is 2.22. The minimum Gasteiger partial charge on any atom is -0.343 e. The number of fused-ring (bicyclic) bond motifs is 1. The summed E-state index contributed by atoms with van der Waals surface area (Å²) in [6.45, 7) is 1.80. The van der Waals surface area contributed by atoms with Crippen molar-refractivity contribution in [2.75, 3.05) is 20.1 Å². The highest BCUT2D eigenvalue weighted by atomic mass is 35.5.